The van der Waals surface area contributed by atoms with E-state index >= 15 is 0 Å². The number of nitrogens with zero attached hydrogens (tertiary/aromatic N) is 6. The van der Waals surface area contributed by atoms with Gasteiger partial charge in [0.05, 0.1) is 46.9 Å². The number of β-amino-alcohol motifs (C(OH)–C–C–N with tert-alkyl or cyclic N) is 1. The van der Waals surface area contributed by atoms with E-state index in [-0.39, 0.29) is 49.6 Å². The summed E-state index contributed by atoms with van der Waals surface area (Å²) < 4.78 is 18.7. The Kier molecular flexibility index (Phi) is 19.4. The van der Waals surface area contributed by atoms with E-state index < -0.39 is 30.7 Å². The van der Waals surface area contributed by atoms with Crippen molar-refractivity contribution in [3.05, 3.63) is 94.7 Å². The van der Waals surface area contributed by atoms with Crippen LogP contribution < -0.4 is 36.2 Å². The van der Waals surface area contributed by atoms with Crippen LogP contribution in [-0.2, 0) is 30.3 Å². The van der Waals surface area contributed by atoms with Crippen molar-refractivity contribution in [1.29, 1.82) is 0 Å². The number of halogens is 1. The zero-order valence-corrected chi connectivity index (χ0v) is 46.6. The zero-order valence-electron chi connectivity index (χ0n) is 44.2. The second-order valence-corrected chi connectivity index (χ2v) is 25.3. The molecule has 0 spiro atoms. The Morgan fingerprint density at radius 2 is 1.59 bits per heavy atom. The van der Waals surface area contributed by atoms with E-state index in [0.29, 0.717) is 78.2 Å². The molecule has 3 aromatic carbocycles. The number of aryl methyl sites for hydroxylation is 1. The van der Waals surface area contributed by atoms with Gasteiger partial charge in [-0.25, -0.2) is 9.97 Å². The van der Waals surface area contributed by atoms with Gasteiger partial charge in [-0.3, -0.25) is 19.2 Å². The molecule has 0 saturated carbocycles. The Bertz CT molecular complexity index is 2830. The Labute approximate surface area is 450 Å². The van der Waals surface area contributed by atoms with Gasteiger partial charge in [-0.05, 0) is 73.9 Å². The lowest BCUT2D eigenvalue weighted by atomic mass is 9.85. The fourth-order valence-electron chi connectivity index (χ4n) is 9.45. The Hall–Kier alpha value is -6.07. The van der Waals surface area contributed by atoms with Crippen LogP contribution in [0.25, 0.3) is 10.4 Å². The summed E-state index contributed by atoms with van der Waals surface area (Å²) in [6.45, 7) is 14.0. The zero-order chi connectivity index (χ0) is 53.9. The standard InChI is InChI=1S/C55H72ClN10O7PS/c1-36-49(75-35-59-36)38-22-20-37(21-23-38)32-57-52(70)44-31-40(67)34-66(44)53(71)50(55(2,3)4)62-47(68)18-12-10-8-9-11-13-19-48(69)65-28-26-64(27-29-65)39-24-25-42(45(30-39)73-5)61-54-58-33-41(56)51(63-54)60-43-16-14-15-17-46(43)74(6,7)72/h14-17,20-25,30,33,35,40,44,50,67H,8-13,18-19,26-29,31-32,34H2,1-7H3,(H,57,70)(H,62,68)(H2,58,60,61,63)/t40-,44+,50?/m1/s1. The third-order valence-corrected chi connectivity index (χ3v) is 16.5. The number of carbonyl (C=O) groups is 4. The quantitative estimate of drug-likeness (QED) is 0.0324. The predicted octanol–water partition coefficient (Wildman–Crippen LogP) is 8.88. The fraction of sp³-hybridized carbons (Fsp3) is 0.473. The maximum atomic E-state index is 14.1. The molecule has 2 aliphatic heterocycles. The first-order valence-electron chi connectivity index (χ1n) is 25.8. The number of rotatable bonds is 22. The smallest absolute Gasteiger partial charge is 0.246 e. The van der Waals surface area contributed by atoms with Crippen LogP contribution >= 0.6 is 30.1 Å². The van der Waals surface area contributed by atoms with Crippen LogP contribution in [0, 0.1) is 12.3 Å². The van der Waals surface area contributed by atoms with Gasteiger partial charge in [-0.2, -0.15) is 4.98 Å². The van der Waals surface area contributed by atoms with Gasteiger partial charge in [0.25, 0.3) is 0 Å². The van der Waals surface area contributed by atoms with Gasteiger partial charge < -0.3 is 50.4 Å². The number of carbonyl (C=O) groups excluding carboxylic acids is 4. The van der Waals surface area contributed by atoms with Crippen molar-refractivity contribution in [3.63, 3.8) is 0 Å². The summed E-state index contributed by atoms with van der Waals surface area (Å²) in [5, 5.41) is 24.0. The highest BCUT2D eigenvalue weighted by Crippen LogP contribution is 2.39. The highest BCUT2D eigenvalue weighted by atomic mass is 35.5. The highest BCUT2D eigenvalue weighted by Gasteiger charge is 2.44. The molecular formula is C55H72ClN10O7PS. The molecule has 4 heterocycles. The number of anilines is 5. The van der Waals surface area contributed by atoms with Crippen molar-refractivity contribution in [2.75, 3.05) is 68.7 Å². The number of para-hydroxylation sites is 1. The number of benzene rings is 3. The minimum absolute atomic E-state index is 0.0171. The van der Waals surface area contributed by atoms with E-state index in [1.807, 2.05) is 105 Å². The summed E-state index contributed by atoms with van der Waals surface area (Å²) in [5.74, 6) is 0.477. The molecule has 402 valence electrons. The highest BCUT2D eigenvalue weighted by molar-refractivity contribution is 7.70. The number of aliphatic hydroxyl groups is 1. The first-order valence-corrected chi connectivity index (χ1v) is 29.6. The van der Waals surface area contributed by atoms with Crippen molar-refractivity contribution in [1.82, 2.24) is 35.4 Å². The van der Waals surface area contributed by atoms with Gasteiger partial charge in [0.2, 0.25) is 29.6 Å². The van der Waals surface area contributed by atoms with Gasteiger partial charge in [0, 0.05) is 75.6 Å². The molecule has 5 aromatic rings. The number of hydrogen-bond acceptors (Lipinski definition) is 14. The number of ether oxygens (including phenoxy) is 1. The summed E-state index contributed by atoms with van der Waals surface area (Å²) in [7, 11) is -0.972. The number of amides is 4. The molecule has 5 N–H and O–H groups in total. The van der Waals surface area contributed by atoms with Gasteiger partial charge in [-0.15, -0.1) is 11.3 Å². The molecule has 0 radical (unpaired) electrons. The number of aromatic nitrogens is 3. The van der Waals surface area contributed by atoms with Crippen LogP contribution in [0.5, 0.6) is 5.75 Å². The Balaban J connectivity index is 0.786. The SMILES string of the molecule is COc1cc(N2CCN(C(=O)CCCCCCCCC(=O)NC(C(=O)N3C[C@H](O)C[C@H]3C(=O)NCc3ccc(-c4scnc4C)cc3)C(C)(C)C)CC2)ccc1Nc1ncc(Cl)c(Nc2ccccc2P(C)(C)=O)n1. The molecular weight excluding hydrogens is 1010 g/mol. The molecule has 2 aromatic heterocycles. The number of thiazole rings is 1. The normalized spacial score (nSPS) is 16.4. The summed E-state index contributed by atoms with van der Waals surface area (Å²) in [5.41, 5.74) is 6.40. The van der Waals surface area contributed by atoms with Crippen LogP contribution in [0.3, 0.4) is 0 Å². The number of piperazine rings is 1. The van der Waals surface area contributed by atoms with E-state index in [4.69, 9.17) is 16.3 Å². The maximum Gasteiger partial charge on any atom is 0.246 e. The summed E-state index contributed by atoms with van der Waals surface area (Å²) >= 11 is 8.05. The third-order valence-electron chi connectivity index (χ3n) is 13.7. The van der Waals surface area contributed by atoms with Crippen LogP contribution in [0.1, 0.15) is 89.8 Å². The van der Waals surface area contributed by atoms with Crippen molar-refractivity contribution in [2.45, 2.75) is 110 Å². The number of nitrogens with one attached hydrogen (secondary N) is 4. The average molecular weight is 1080 g/mol. The molecule has 2 aliphatic rings. The molecule has 2 fully saturated rings. The van der Waals surface area contributed by atoms with Gasteiger partial charge in [-0.1, -0.05) is 94.5 Å². The van der Waals surface area contributed by atoms with E-state index in [2.05, 4.69) is 41.1 Å². The molecule has 17 nitrogen and oxygen atoms in total. The summed E-state index contributed by atoms with van der Waals surface area (Å²) in [6.07, 6.45) is 6.65. The lowest BCUT2D eigenvalue weighted by Crippen LogP contribution is -2.57. The van der Waals surface area contributed by atoms with E-state index in [1.54, 1.807) is 31.8 Å². The Morgan fingerprint density at radius 3 is 2.25 bits per heavy atom. The number of hydrogen-bond donors (Lipinski definition) is 5. The summed E-state index contributed by atoms with van der Waals surface area (Å²) in [4.78, 5) is 74.0. The lowest BCUT2D eigenvalue weighted by molar-refractivity contribution is -0.144. The largest absolute Gasteiger partial charge is 0.494 e. The molecule has 1 unspecified atom stereocenters. The second kappa shape index (κ2) is 25.6. The molecule has 7 rings (SSSR count). The van der Waals surface area contributed by atoms with E-state index in [0.717, 1.165) is 59.5 Å². The first-order chi connectivity index (χ1) is 35.8. The van der Waals surface area contributed by atoms with Crippen molar-refractivity contribution < 1.29 is 33.6 Å². The number of aliphatic hydroxyl groups excluding tert-OH is 1. The molecule has 2 saturated heterocycles. The third kappa shape index (κ3) is 15.3. The number of methoxy groups -OCH3 is 1. The second-order valence-electron chi connectivity index (χ2n) is 20.8. The van der Waals surface area contributed by atoms with Gasteiger partial charge >= 0.3 is 0 Å². The fourth-order valence-corrected chi connectivity index (χ4v) is 11.6. The molecule has 3 atom stereocenters. The monoisotopic (exact) mass is 1080 g/mol. The van der Waals surface area contributed by atoms with Crippen LogP contribution in [-0.4, -0.2) is 125 Å². The van der Waals surface area contributed by atoms with Crippen LogP contribution in [0.15, 0.2) is 78.4 Å². The van der Waals surface area contributed by atoms with Crippen LogP contribution in [0.2, 0.25) is 5.02 Å². The van der Waals surface area contributed by atoms with Gasteiger partial charge in [0.15, 0.2) is 5.82 Å². The first kappa shape index (κ1) is 56.7. The predicted molar refractivity (Wildman–Crippen MR) is 300 cm³/mol. The number of unbranched alkanes of at least 4 members (excludes halogenated alkanes) is 5. The van der Waals surface area contributed by atoms with Crippen LogP contribution in [0.4, 0.5) is 28.8 Å². The minimum atomic E-state index is -2.58. The van der Waals surface area contributed by atoms with Crippen molar-refractivity contribution in [3.8, 4) is 16.2 Å². The van der Waals surface area contributed by atoms with E-state index in [1.165, 1.54) is 11.1 Å². The topological polar surface area (TPSA) is 211 Å². The molecule has 0 aliphatic carbocycles. The van der Waals surface area contributed by atoms with Crippen molar-refractivity contribution >= 4 is 87.8 Å². The molecule has 0 bridgehead atoms. The van der Waals surface area contributed by atoms with Crippen molar-refractivity contribution in [2.24, 2.45) is 5.41 Å². The lowest BCUT2D eigenvalue weighted by Gasteiger charge is -2.36. The van der Waals surface area contributed by atoms with Gasteiger partial charge in [0.1, 0.15) is 30.0 Å². The summed E-state index contributed by atoms with van der Waals surface area (Å²) in [6, 6.07) is 19.4. The Morgan fingerprint density at radius 1 is 0.893 bits per heavy atom. The molecule has 75 heavy (non-hydrogen) atoms. The van der Waals surface area contributed by atoms with E-state index in [9.17, 15) is 28.8 Å². The average Bonchev–Trinajstić information content (AvgIpc) is 4.01. The molecule has 4 amide bonds. The maximum absolute atomic E-state index is 14.1. The molecule has 20 heteroatoms. The number of likely N-dealkylation sites (tertiary alicyclic amines) is 1. The minimum Gasteiger partial charge on any atom is -0.494 e.